The molecule has 0 aliphatic carbocycles. The Bertz CT molecular complexity index is 1070. The number of aromatic nitrogens is 2. The minimum Gasteiger partial charge on any atom is -0.490 e. The first-order chi connectivity index (χ1) is 14.8. The van der Waals surface area contributed by atoms with Gasteiger partial charge in [0.2, 0.25) is 0 Å². The van der Waals surface area contributed by atoms with Crippen LogP contribution < -0.4 is 14.8 Å². The molecule has 0 spiro atoms. The third-order valence-electron chi connectivity index (χ3n) is 4.05. The van der Waals surface area contributed by atoms with Gasteiger partial charge >= 0.3 is 6.61 Å². The van der Waals surface area contributed by atoms with Crippen LogP contribution in [0.15, 0.2) is 42.6 Å². The summed E-state index contributed by atoms with van der Waals surface area (Å²) in [5, 5.41) is 7.96. The van der Waals surface area contributed by atoms with E-state index in [9.17, 15) is 13.6 Å². The van der Waals surface area contributed by atoms with Gasteiger partial charge in [0.1, 0.15) is 5.02 Å². The number of amides is 1. The van der Waals surface area contributed by atoms with Crippen LogP contribution >= 0.6 is 34.8 Å². The summed E-state index contributed by atoms with van der Waals surface area (Å²) in [7, 11) is 0. The van der Waals surface area contributed by atoms with Crippen molar-refractivity contribution in [2.75, 3.05) is 11.9 Å². The molecule has 164 valence electrons. The van der Waals surface area contributed by atoms with E-state index < -0.39 is 12.5 Å². The first-order valence-corrected chi connectivity index (χ1v) is 10.1. The highest BCUT2D eigenvalue weighted by atomic mass is 35.5. The van der Waals surface area contributed by atoms with Gasteiger partial charge in [-0.2, -0.15) is 13.9 Å². The van der Waals surface area contributed by atoms with Crippen LogP contribution in [0.3, 0.4) is 0 Å². The highest BCUT2D eigenvalue weighted by Crippen LogP contribution is 2.31. The van der Waals surface area contributed by atoms with E-state index in [4.69, 9.17) is 39.5 Å². The summed E-state index contributed by atoms with van der Waals surface area (Å²) >= 11 is 18.5. The van der Waals surface area contributed by atoms with Crippen LogP contribution in [-0.2, 0) is 6.54 Å². The molecule has 3 aromatic rings. The maximum atomic E-state index is 12.6. The van der Waals surface area contributed by atoms with Gasteiger partial charge in [-0.15, -0.1) is 0 Å². The van der Waals surface area contributed by atoms with E-state index in [0.717, 1.165) is 0 Å². The molecule has 1 N–H and O–H groups in total. The van der Waals surface area contributed by atoms with E-state index in [1.165, 1.54) is 29.1 Å². The SMILES string of the molecule is CCOc1cc(C(=O)Nc2nn(Cc3c(Cl)cccc3Cl)cc2Cl)ccc1OC(F)F. The second-order valence-electron chi connectivity index (χ2n) is 6.15. The number of rotatable bonds is 8. The second-order valence-corrected chi connectivity index (χ2v) is 7.37. The van der Waals surface area contributed by atoms with E-state index in [-0.39, 0.29) is 41.1 Å². The first-order valence-electron chi connectivity index (χ1n) is 8.97. The molecule has 1 heterocycles. The number of ether oxygens (including phenoxy) is 2. The van der Waals surface area contributed by atoms with Crippen LogP contribution in [0, 0.1) is 0 Å². The number of nitrogens with zero attached hydrogens (tertiary/aromatic N) is 2. The molecule has 0 aliphatic heterocycles. The van der Waals surface area contributed by atoms with Crippen LogP contribution in [-0.4, -0.2) is 28.9 Å². The van der Waals surface area contributed by atoms with Gasteiger partial charge in [-0.3, -0.25) is 9.48 Å². The summed E-state index contributed by atoms with van der Waals surface area (Å²) < 4.78 is 36.3. The van der Waals surface area contributed by atoms with Crippen molar-refractivity contribution in [1.82, 2.24) is 9.78 Å². The molecule has 0 fully saturated rings. The predicted molar refractivity (Wildman–Crippen MR) is 115 cm³/mol. The average Bonchev–Trinajstić information content (AvgIpc) is 3.05. The Labute approximate surface area is 191 Å². The third-order valence-corrected chi connectivity index (χ3v) is 5.04. The standard InChI is InChI=1S/C20H16Cl3F2N3O3/c1-2-30-17-8-11(6-7-16(17)31-20(24)25)19(29)26-18-15(23)10-28(27-18)9-12-13(21)4-3-5-14(12)22/h3-8,10,20H,2,9H2,1H3,(H,26,27,29). The molecule has 2 aromatic carbocycles. The molecule has 0 aliphatic rings. The summed E-state index contributed by atoms with van der Waals surface area (Å²) in [5.41, 5.74) is 0.795. The monoisotopic (exact) mass is 489 g/mol. The van der Waals surface area contributed by atoms with Gasteiger partial charge < -0.3 is 14.8 Å². The predicted octanol–water partition coefficient (Wildman–Crippen LogP) is 6.14. The lowest BCUT2D eigenvalue weighted by molar-refractivity contribution is -0.0514. The topological polar surface area (TPSA) is 65.4 Å². The van der Waals surface area contributed by atoms with Crippen molar-refractivity contribution in [3.63, 3.8) is 0 Å². The van der Waals surface area contributed by atoms with E-state index in [1.54, 1.807) is 25.1 Å². The summed E-state index contributed by atoms with van der Waals surface area (Å²) in [5.74, 6) is -0.610. The lowest BCUT2D eigenvalue weighted by Crippen LogP contribution is -2.14. The third kappa shape index (κ3) is 5.78. The van der Waals surface area contributed by atoms with Crippen molar-refractivity contribution >= 4 is 46.5 Å². The molecular weight excluding hydrogens is 475 g/mol. The van der Waals surface area contributed by atoms with Crippen LogP contribution in [0.25, 0.3) is 0 Å². The molecule has 31 heavy (non-hydrogen) atoms. The molecule has 6 nitrogen and oxygen atoms in total. The highest BCUT2D eigenvalue weighted by Gasteiger charge is 2.17. The number of anilines is 1. The van der Waals surface area contributed by atoms with Crippen LogP contribution in [0.5, 0.6) is 11.5 Å². The Morgan fingerprint density at radius 1 is 1.13 bits per heavy atom. The minimum absolute atomic E-state index is 0.0143. The van der Waals surface area contributed by atoms with E-state index in [1.807, 2.05) is 0 Å². The molecule has 0 unspecified atom stereocenters. The molecule has 0 atom stereocenters. The van der Waals surface area contributed by atoms with Gasteiger partial charge in [0.05, 0.1) is 13.2 Å². The van der Waals surface area contributed by atoms with Gasteiger partial charge in [0.25, 0.3) is 5.91 Å². The molecule has 11 heteroatoms. The van der Waals surface area contributed by atoms with E-state index in [0.29, 0.717) is 15.6 Å². The normalized spacial score (nSPS) is 10.9. The Morgan fingerprint density at radius 3 is 2.48 bits per heavy atom. The Balaban J connectivity index is 1.78. The number of alkyl halides is 2. The zero-order valence-corrected chi connectivity index (χ0v) is 18.3. The molecular formula is C20H16Cl3F2N3O3. The number of carbonyl (C=O) groups is 1. The van der Waals surface area contributed by atoms with Gasteiger partial charge in [-0.1, -0.05) is 40.9 Å². The molecule has 3 rings (SSSR count). The fraction of sp³-hybridized carbons (Fsp3) is 0.200. The fourth-order valence-electron chi connectivity index (χ4n) is 2.70. The summed E-state index contributed by atoms with van der Waals surface area (Å²) in [4.78, 5) is 12.6. The molecule has 0 saturated carbocycles. The van der Waals surface area contributed by atoms with Crippen molar-refractivity contribution in [2.24, 2.45) is 0 Å². The largest absolute Gasteiger partial charge is 0.490 e. The quantitative estimate of drug-likeness (QED) is 0.412. The maximum absolute atomic E-state index is 12.6. The average molecular weight is 491 g/mol. The maximum Gasteiger partial charge on any atom is 0.387 e. The van der Waals surface area contributed by atoms with Crippen molar-refractivity contribution in [3.05, 3.63) is 68.8 Å². The summed E-state index contributed by atoms with van der Waals surface area (Å²) in [6.45, 7) is -0.905. The number of benzene rings is 2. The highest BCUT2D eigenvalue weighted by molar-refractivity contribution is 6.36. The lowest BCUT2D eigenvalue weighted by atomic mass is 10.2. The van der Waals surface area contributed by atoms with Crippen LogP contribution in [0.1, 0.15) is 22.8 Å². The molecule has 1 amide bonds. The van der Waals surface area contributed by atoms with E-state index in [2.05, 4.69) is 15.2 Å². The molecule has 0 saturated heterocycles. The number of nitrogens with one attached hydrogen (secondary N) is 1. The number of halogens is 5. The lowest BCUT2D eigenvalue weighted by Gasteiger charge is -2.12. The zero-order valence-electron chi connectivity index (χ0n) is 16.0. The van der Waals surface area contributed by atoms with Crippen molar-refractivity contribution in [1.29, 1.82) is 0 Å². The smallest absolute Gasteiger partial charge is 0.387 e. The fourth-order valence-corrected chi connectivity index (χ4v) is 3.41. The van der Waals surface area contributed by atoms with Crippen molar-refractivity contribution < 1.29 is 23.0 Å². The molecule has 0 radical (unpaired) electrons. The molecule has 1 aromatic heterocycles. The Kier molecular flexibility index (Phi) is 7.59. The molecule has 0 bridgehead atoms. The van der Waals surface area contributed by atoms with Gasteiger partial charge in [0, 0.05) is 27.4 Å². The summed E-state index contributed by atoms with van der Waals surface area (Å²) in [6.07, 6.45) is 1.52. The van der Waals surface area contributed by atoms with Crippen molar-refractivity contribution in [2.45, 2.75) is 20.1 Å². The first kappa shape index (κ1) is 23.1. The van der Waals surface area contributed by atoms with Crippen LogP contribution in [0.4, 0.5) is 14.6 Å². The van der Waals surface area contributed by atoms with Gasteiger partial charge in [0.15, 0.2) is 17.3 Å². The van der Waals surface area contributed by atoms with E-state index >= 15 is 0 Å². The number of hydrogen-bond donors (Lipinski definition) is 1. The van der Waals surface area contributed by atoms with Crippen LogP contribution in [0.2, 0.25) is 15.1 Å². The number of carbonyl (C=O) groups excluding carboxylic acids is 1. The summed E-state index contributed by atoms with van der Waals surface area (Å²) in [6, 6.07) is 8.98. The van der Waals surface area contributed by atoms with Crippen molar-refractivity contribution in [3.8, 4) is 11.5 Å². The Morgan fingerprint density at radius 2 is 1.84 bits per heavy atom. The zero-order chi connectivity index (χ0) is 22.5. The Hall–Kier alpha value is -2.55. The van der Waals surface area contributed by atoms with Gasteiger partial charge in [-0.05, 0) is 37.3 Å². The minimum atomic E-state index is -3.02. The number of hydrogen-bond acceptors (Lipinski definition) is 4. The second kappa shape index (κ2) is 10.2. The van der Waals surface area contributed by atoms with Gasteiger partial charge in [-0.25, -0.2) is 0 Å².